The molecule has 1 nitrogen and oxygen atoms in total. The molecule has 1 unspecified atom stereocenters. The van der Waals surface area contributed by atoms with Crippen LogP contribution in [-0.2, 0) is 6.42 Å². The molecule has 3 heteroatoms. The highest BCUT2D eigenvalue weighted by Gasteiger charge is 2.08. The lowest BCUT2D eigenvalue weighted by Gasteiger charge is -2.12. The highest BCUT2D eigenvalue weighted by atomic mass is 35.5. The smallest absolute Gasteiger partial charge is 0.127 e. The van der Waals surface area contributed by atoms with Gasteiger partial charge in [0, 0.05) is 11.1 Å². The number of benzene rings is 1. The molecule has 1 rings (SSSR count). The SMILES string of the molecule is CCCCCCC(N)Cc1ccc(Cl)cc1F. The van der Waals surface area contributed by atoms with Crippen LogP contribution in [0.25, 0.3) is 0 Å². The summed E-state index contributed by atoms with van der Waals surface area (Å²) >= 11 is 5.70. The maximum atomic E-state index is 13.5. The Balaban J connectivity index is 2.37. The molecule has 1 aromatic carbocycles. The lowest BCUT2D eigenvalue weighted by atomic mass is 10.0. The van der Waals surface area contributed by atoms with Crippen molar-refractivity contribution in [2.45, 2.75) is 51.5 Å². The van der Waals surface area contributed by atoms with E-state index in [2.05, 4.69) is 6.92 Å². The van der Waals surface area contributed by atoms with Gasteiger partial charge in [0.2, 0.25) is 0 Å². The van der Waals surface area contributed by atoms with Crippen molar-refractivity contribution >= 4 is 11.6 Å². The minimum absolute atomic E-state index is 0.0440. The van der Waals surface area contributed by atoms with Crippen molar-refractivity contribution < 1.29 is 4.39 Å². The van der Waals surface area contributed by atoms with E-state index in [0.717, 1.165) is 12.8 Å². The Morgan fingerprint density at radius 2 is 2.06 bits per heavy atom. The van der Waals surface area contributed by atoms with Crippen LogP contribution in [0.4, 0.5) is 4.39 Å². The summed E-state index contributed by atoms with van der Waals surface area (Å²) in [5.41, 5.74) is 6.66. The molecule has 0 aliphatic rings. The first-order valence-corrected chi connectivity index (χ1v) is 6.70. The van der Waals surface area contributed by atoms with Crippen molar-refractivity contribution in [3.05, 3.63) is 34.6 Å². The van der Waals surface area contributed by atoms with Crippen LogP contribution in [0.3, 0.4) is 0 Å². The Morgan fingerprint density at radius 1 is 1.29 bits per heavy atom. The van der Waals surface area contributed by atoms with Gasteiger partial charge in [-0.25, -0.2) is 4.39 Å². The first-order chi connectivity index (χ1) is 8.13. The zero-order chi connectivity index (χ0) is 12.7. The quantitative estimate of drug-likeness (QED) is 0.724. The maximum Gasteiger partial charge on any atom is 0.127 e. The van der Waals surface area contributed by atoms with Crippen LogP contribution in [0, 0.1) is 5.82 Å². The van der Waals surface area contributed by atoms with Gasteiger partial charge in [-0.3, -0.25) is 0 Å². The third-order valence-electron chi connectivity index (χ3n) is 2.93. The fourth-order valence-corrected chi connectivity index (χ4v) is 2.06. The number of hydrogen-bond donors (Lipinski definition) is 1. The van der Waals surface area contributed by atoms with E-state index in [1.807, 2.05) is 0 Å². The molecule has 0 aliphatic carbocycles. The summed E-state index contributed by atoms with van der Waals surface area (Å²) in [4.78, 5) is 0. The second-order valence-corrected chi connectivity index (χ2v) is 4.99. The Kier molecular flexibility index (Phi) is 6.53. The van der Waals surface area contributed by atoms with Gasteiger partial charge < -0.3 is 5.73 Å². The molecule has 0 aromatic heterocycles. The van der Waals surface area contributed by atoms with Gasteiger partial charge in [0.05, 0.1) is 0 Å². The van der Waals surface area contributed by atoms with Crippen LogP contribution >= 0.6 is 11.6 Å². The van der Waals surface area contributed by atoms with Crippen molar-refractivity contribution in [3.8, 4) is 0 Å². The van der Waals surface area contributed by atoms with Gasteiger partial charge in [-0.05, 0) is 30.5 Å². The van der Waals surface area contributed by atoms with Gasteiger partial charge in [0.25, 0.3) is 0 Å². The summed E-state index contributed by atoms with van der Waals surface area (Å²) in [6, 6.07) is 4.83. The van der Waals surface area contributed by atoms with E-state index in [1.165, 1.54) is 25.3 Å². The first-order valence-electron chi connectivity index (χ1n) is 6.33. The lowest BCUT2D eigenvalue weighted by Crippen LogP contribution is -2.23. The average Bonchev–Trinajstić information content (AvgIpc) is 2.28. The third kappa shape index (κ3) is 5.51. The highest BCUT2D eigenvalue weighted by molar-refractivity contribution is 6.30. The molecule has 96 valence electrons. The minimum Gasteiger partial charge on any atom is -0.327 e. The summed E-state index contributed by atoms with van der Waals surface area (Å²) in [7, 11) is 0. The fourth-order valence-electron chi connectivity index (χ4n) is 1.91. The van der Waals surface area contributed by atoms with Gasteiger partial charge in [-0.2, -0.15) is 0 Å². The first kappa shape index (κ1) is 14.5. The van der Waals surface area contributed by atoms with Gasteiger partial charge in [-0.15, -0.1) is 0 Å². The fraction of sp³-hybridized carbons (Fsp3) is 0.571. The van der Waals surface area contributed by atoms with Gasteiger partial charge in [-0.1, -0.05) is 50.3 Å². The number of rotatable bonds is 7. The van der Waals surface area contributed by atoms with Crippen molar-refractivity contribution in [3.63, 3.8) is 0 Å². The van der Waals surface area contributed by atoms with Crippen LogP contribution < -0.4 is 5.73 Å². The predicted molar refractivity (Wildman–Crippen MR) is 71.8 cm³/mol. The van der Waals surface area contributed by atoms with Crippen LogP contribution in [0.5, 0.6) is 0 Å². The van der Waals surface area contributed by atoms with Crippen LogP contribution in [-0.4, -0.2) is 6.04 Å². The Bertz CT molecular complexity index is 341. The predicted octanol–water partition coefficient (Wildman–Crippen LogP) is 4.32. The van der Waals surface area contributed by atoms with E-state index in [9.17, 15) is 4.39 Å². The zero-order valence-corrected chi connectivity index (χ0v) is 11.1. The highest BCUT2D eigenvalue weighted by Crippen LogP contribution is 2.17. The Morgan fingerprint density at radius 3 is 2.71 bits per heavy atom. The van der Waals surface area contributed by atoms with Crippen LogP contribution in [0.2, 0.25) is 5.02 Å². The van der Waals surface area contributed by atoms with Crippen LogP contribution in [0.15, 0.2) is 18.2 Å². The molecular formula is C14H21ClFN. The van der Waals surface area contributed by atoms with E-state index >= 15 is 0 Å². The summed E-state index contributed by atoms with van der Waals surface area (Å²) < 4.78 is 13.5. The standard InChI is InChI=1S/C14H21ClFN/c1-2-3-4-5-6-13(17)9-11-7-8-12(15)10-14(11)16/h7-8,10,13H,2-6,9,17H2,1H3. The number of hydrogen-bond acceptors (Lipinski definition) is 1. The van der Waals surface area contributed by atoms with Gasteiger partial charge in [0.1, 0.15) is 5.82 Å². The van der Waals surface area contributed by atoms with Crippen molar-refractivity contribution in [1.29, 1.82) is 0 Å². The van der Waals surface area contributed by atoms with Crippen molar-refractivity contribution in [1.82, 2.24) is 0 Å². The molecule has 0 heterocycles. The van der Waals surface area contributed by atoms with E-state index in [0.29, 0.717) is 17.0 Å². The molecule has 1 atom stereocenters. The van der Waals surface area contributed by atoms with E-state index in [-0.39, 0.29) is 11.9 Å². The number of nitrogens with two attached hydrogens (primary N) is 1. The maximum absolute atomic E-state index is 13.5. The number of unbranched alkanes of at least 4 members (excludes halogenated alkanes) is 3. The molecule has 0 amide bonds. The average molecular weight is 258 g/mol. The molecule has 0 bridgehead atoms. The monoisotopic (exact) mass is 257 g/mol. The third-order valence-corrected chi connectivity index (χ3v) is 3.16. The van der Waals surface area contributed by atoms with E-state index < -0.39 is 0 Å². The summed E-state index contributed by atoms with van der Waals surface area (Å²) in [6.45, 7) is 2.18. The molecule has 17 heavy (non-hydrogen) atoms. The van der Waals surface area contributed by atoms with E-state index in [4.69, 9.17) is 17.3 Å². The summed E-state index contributed by atoms with van der Waals surface area (Å²) in [6.07, 6.45) is 6.37. The molecule has 0 saturated heterocycles. The molecule has 2 N–H and O–H groups in total. The van der Waals surface area contributed by atoms with Crippen LogP contribution in [0.1, 0.15) is 44.6 Å². The topological polar surface area (TPSA) is 26.0 Å². The molecule has 0 spiro atoms. The van der Waals surface area contributed by atoms with Crippen molar-refractivity contribution in [2.75, 3.05) is 0 Å². The summed E-state index contributed by atoms with van der Waals surface area (Å²) in [5, 5.41) is 0.433. The molecule has 1 aromatic rings. The lowest BCUT2D eigenvalue weighted by molar-refractivity contribution is 0.530. The Hall–Kier alpha value is -0.600. The summed E-state index contributed by atoms with van der Waals surface area (Å²) in [5.74, 6) is -0.249. The zero-order valence-electron chi connectivity index (χ0n) is 10.4. The molecule has 0 radical (unpaired) electrons. The largest absolute Gasteiger partial charge is 0.327 e. The molecule has 0 aliphatic heterocycles. The van der Waals surface area contributed by atoms with Gasteiger partial charge >= 0.3 is 0 Å². The van der Waals surface area contributed by atoms with E-state index in [1.54, 1.807) is 12.1 Å². The molecular weight excluding hydrogens is 237 g/mol. The molecule has 0 fully saturated rings. The Labute approximate surface area is 108 Å². The molecule has 0 saturated carbocycles. The van der Waals surface area contributed by atoms with Crippen molar-refractivity contribution in [2.24, 2.45) is 5.73 Å². The minimum atomic E-state index is -0.249. The number of halogens is 2. The second-order valence-electron chi connectivity index (χ2n) is 4.55. The normalized spacial score (nSPS) is 12.7. The second kappa shape index (κ2) is 7.67. The van der Waals surface area contributed by atoms with Gasteiger partial charge in [0.15, 0.2) is 0 Å².